The summed E-state index contributed by atoms with van der Waals surface area (Å²) < 4.78 is 63.8. The van der Waals surface area contributed by atoms with Gasteiger partial charge in [0.05, 0.1) is 18.7 Å². The SMILES string of the molecule is COC(=O)C1=C(CN2C3CC(CC(=O)O)CC2C(F)(F)C3)NC(c2nccs2)=NC1c1ccc(F)c(F)c1C. The second-order valence-electron chi connectivity index (χ2n) is 10.0. The highest BCUT2D eigenvalue weighted by Crippen LogP contribution is 2.49. The van der Waals surface area contributed by atoms with E-state index in [1.807, 2.05) is 0 Å². The molecule has 0 aliphatic carbocycles. The van der Waals surface area contributed by atoms with Crippen molar-refractivity contribution in [1.29, 1.82) is 0 Å². The number of aliphatic imine (C=N–C) groups is 1. The fourth-order valence-electron chi connectivity index (χ4n) is 5.93. The zero-order valence-electron chi connectivity index (χ0n) is 21.1. The van der Waals surface area contributed by atoms with Crippen LogP contribution in [0.15, 0.2) is 40.0 Å². The molecule has 0 spiro atoms. The zero-order valence-corrected chi connectivity index (χ0v) is 21.9. The second kappa shape index (κ2) is 10.3. The summed E-state index contributed by atoms with van der Waals surface area (Å²) in [6.45, 7) is 1.26. The number of fused-ring (bicyclic) bond motifs is 2. The van der Waals surface area contributed by atoms with Crippen molar-refractivity contribution in [2.75, 3.05) is 13.7 Å². The fourth-order valence-corrected chi connectivity index (χ4v) is 6.52. The molecular formula is C26H26F4N4O4S. The number of methoxy groups -OCH3 is 1. The molecule has 3 aliphatic heterocycles. The first-order valence-corrected chi connectivity index (χ1v) is 13.2. The Bertz CT molecular complexity index is 1360. The number of carbonyl (C=O) groups excluding carboxylic acids is 1. The maximum Gasteiger partial charge on any atom is 0.338 e. The predicted molar refractivity (Wildman–Crippen MR) is 133 cm³/mol. The van der Waals surface area contributed by atoms with Gasteiger partial charge >= 0.3 is 11.9 Å². The molecule has 1 aromatic heterocycles. The summed E-state index contributed by atoms with van der Waals surface area (Å²) in [5.41, 5.74) is 0.393. The number of esters is 1. The van der Waals surface area contributed by atoms with Crippen LogP contribution in [0, 0.1) is 24.5 Å². The Balaban J connectivity index is 1.59. The minimum Gasteiger partial charge on any atom is -0.481 e. The number of thiazole rings is 1. The van der Waals surface area contributed by atoms with E-state index in [0.717, 1.165) is 13.2 Å². The van der Waals surface area contributed by atoms with E-state index in [-0.39, 0.29) is 60.0 Å². The molecule has 0 radical (unpaired) electrons. The number of benzene rings is 1. The van der Waals surface area contributed by atoms with Gasteiger partial charge in [0.25, 0.3) is 5.92 Å². The third-order valence-electron chi connectivity index (χ3n) is 7.67. The van der Waals surface area contributed by atoms with Gasteiger partial charge in [0.15, 0.2) is 22.5 Å². The highest BCUT2D eigenvalue weighted by atomic mass is 32.1. The lowest BCUT2D eigenvalue weighted by molar-refractivity contribution is -0.139. The number of amidine groups is 1. The number of nitrogens with zero attached hydrogens (tertiary/aromatic N) is 3. The smallest absolute Gasteiger partial charge is 0.338 e. The van der Waals surface area contributed by atoms with Crippen LogP contribution in [0.4, 0.5) is 17.6 Å². The molecule has 8 nitrogen and oxygen atoms in total. The first-order valence-electron chi connectivity index (χ1n) is 12.4. The molecule has 4 atom stereocenters. The van der Waals surface area contributed by atoms with E-state index in [2.05, 4.69) is 15.3 Å². The van der Waals surface area contributed by atoms with E-state index in [1.165, 1.54) is 24.3 Å². The number of alkyl halides is 2. The van der Waals surface area contributed by atoms with Crippen LogP contribution >= 0.6 is 11.3 Å². The molecule has 2 saturated heterocycles. The number of rotatable bonds is 7. The summed E-state index contributed by atoms with van der Waals surface area (Å²) in [6, 6.07) is -0.671. The van der Waals surface area contributed by atoms with Crippen LogP contribution in [0.25, 0.3) is 0 Å². The number of hydrogen-bond donors (Lipinski definition) is 2. The molecule has 2 N–H and O–H groups in total. The van der Waals surface area contributed by atoms with Crippen LogP contribution in [0.5, 0.6) is 0 Å². The standard InChI is InChI=1S/C26H26F4N4O4S/c1-12-15(3-4-16(27)21(12)28)22-20(25(37)38-2)17(32-23(33-22)24-31-5-6-39-24)11-34-14-7-13(9-19(35)36)8-18(34)26(29,30)10-14/h3-6,13-14,18,22H,7-11H2,1-2H3,(H,32,33)(H,35,36). The quantitative estimate of drug-likeness (QED) is 0.382. The number of ether oxygens (including phenoxy) is 1. The molecule has 4 heterocycles. The lowest BCUT2D eigenvalue weighted by Gasteiger charge is -2.40. The summed E-state index contributed by atoms with van der Waals surface area (Å²) in [5, 5.41) is 14.5. The van der Waals surface area contributed by atoms with Gasteiger partial charge < -0.3 is 15.2 Å². The maximum atomic E-state index is 15.1. The second-order valence-corrected chi connectivity index (χ2v) is 10.9. The molecule has 39 heavy (non-hydrogen) atoms. The number of nitrogens with one attached hydrogen (secondary N) is 1. The van der Waals surface area contributed by atoms with Crippen LogP contribution in [-0.2, 0) is 14.3 Å². The number of hydrogen-bond acceptors (Lipinski definition) is 8. The zero-order chi connectivity index (χ0) is 28.1. The predicted octanol–water partition coefficient (Wildman–Crippen LogP) is 4.21. The Kier molecular flexibility index (Phi) is 7.23. The van der Waals surface area contributed by atoms with Gasteiger partial charge in [-0.1, -0.05) is 6.07 Å². The first-order chi connectivity index (χ1) is 18.5. The van der Waals surface area contributed by atoms with Gasteiger partial charge in [0, 0.05) is 42.7 Å². The Labute approximate surface area is 225 Å². The Morgan fingerprint density at radius 3 is 2.69 bits per heavy atom. The molecule has 2 aromatic rings. The monoisotopic (exact) mass is 566 g/mol. The molecule has 2 fully saturated rings. The van der Waals surface area contributed by atoms with E-state index < -0.39 is 54.0 Å². The van der Waals surface area contributed by atoms with E-state index in [4.69, 9.17) is 4.74 Å². The van der Waals surface area contributed by atoms with E-state index in [1.54, 1.807) is 16.5 Å². The molecule has 2 bridgehead atoms. The van der Waals surface area contributed by atoms with Crippen molar-refractivity contribution in [3.63, 3.8) is 0 Å². The van der Waals surface area contributed by atoms with E-state index in [9.17, 15) is 23.5 Å². The normalized spacial score (nSPS) is 26.3. The summed E-state index contributed by atoms with van der Waals surface area (Å²) >= 11 is 1.25. The van der Waals surface area contributed by atoms with Crippen molar-refractivity contribution in [3.8, 4) is 0 Å². The Hall–Kier alpha value is -3.32. The number of aliphatic carboxylic acids is 1. The van der Waals surface area contributed by atoms with Crippen LogP contribution < -0.4 is 5.32 Å². The largest absolute Gasteiger partial charge is 0.481 e. The van der Waals surface area contributed by atoms with Crippen LogP contribution in [0.3, 0.4) is 0 Å². The third-order valence-corrected chi connectivity index (χ3v) is 8.45. The number of aromatic nitrogens is 1. The molecule has 5 rings (SSSR count). The first kappa shape index (κ1) is 27.3. The van der Waals surface area contributed by atoms with Gasteiger partial charge in [-0.05, 0) is 42.9 Å². The molecule has 13 heteroatoms. The molecule has 4 unspecified atom stereocenters. The van der Waals surface area contributed by atoms with E-state index >= 15 is 8.78 Å². The fraction of sp³-hybridized carbons (Fsp3) is 0.462. The minimum atomic E-state index is -3.04. The Morgan fingerprint density at radius 1 is 1.28 bits per heavy atom. The van der Waals surface area contributed by atoms with E-state index in [0.29, 0.717) is 5.01 Å². The number of piperidine rings is 1. The van der Waals surface area contributed by atoms with Gasteiger partial charge in [-0.2, -0.15) is 0 Å². The molecule has 1 aromatic carbocycles. The van der Waals surface area contributed by atoms with Crippen LogP contribution in [0.1, 0.15) is 47.9 Å². The van der Waals surface area contributed by atoms with Crippen molar-refractivity contribution < 1.29 is 37.0 Å². The molecular weight excluding hydrogens is 540 g/mol. The number of carboxylic acid groups (broad SMARTS) is 1. The number of carboxylic acids is 1. The maximum absolute atomic E-state index is 15.1. The van der Waals surface area contributed by atoms with Crippen LogP contribution in [-0.4, -0.2) is 64.4 Å². The molecule has 0 amide bonds. The molecule has 3 aliphatic rings. The van der Waals surface area contributed by atoms with Gasteiger partial charge in [-0.3, -0.25) is 14.7 Å². The highest BCUT2D eigenvalue weighted by molar-refractivity contribution is 7.11. The summed E-state index contributed by atoms with van der Waals surface area (Å²) in [7, 11) is 1.16. The van der Waals surface area contributed by atoms with Crippen molar-refractivity contribution in [2.24, 2.45) is 10.9 Å². The number of halogens is 4. The van der Waals surface area contributed by atoms with Crippen molar-refractivity contribution in [2.45, 2.75) is 56.7 Å². The van der Waals surface area contributed by atoms with Gasteiger partial charge in [0.1, 0.15) is 6.04 Å². The van der Waals surface area contributed by atoms with Gasteiger partial charge in [-0.15, -0.1) is 11.3 Å². The highest BCUT2D eigenvalue weighted by Gasteiger charge is 2.57. The number of carbonyl (C=O) groups is 2. The van der Waals surface area contributed by atoms with Crippen molar-refractivity contribution in [3.05, 3.63) is 62.7 Å². The van der Waals surface area contributed by atoms with Crippen molar-refractivity contribution >= 4 is 29.1 Å². The molecule has 0 saturated carbocycles. The average Bonchev–Trinajstić information content (AvgIpc) is 3.46. The molecule has 208 valence electrons. The van der Waals surface area contributed by atoms with Crippen LogP contribution in [0.2, 0.25) is 0 Å². The average molecular weight is 567 g/mol. The van der Waals surface area contributed by atoms with Gasteiger partial charge in [0.2, 0.25) is 0 Å². The lowest BCUT2D eigenvalue weighted by atomic mass is 9.87. The van der Waals surface area contributed by atoms with Gasteiger partial charge in [-0.25, -0.2) is 27.3 Å². The Morgan fingerprint density at radius 2 is 2.05 bits per heavy atom. The minimum absolute atomic E-state index is 0.00419. The summed E-state index contributed by atoms with van der Waals surface area (Å²) in [5.74, 6) is -7.14. The third kappa shape index (κ3) is 5.05. The lowest BCUT2D eigenvalue weighted by Crippen LogP contribution is -2.50. The summed E-state index contributed by atoms with van der Waals surface area (Å²) in [6.07, 6.45) is 1.21. The summed E-state index contributed by atoms with van der Waals surface area (Å²) in [4.78, 5) is 34.9. The topological polar surface area (TPSA) is 104 Å². The van der Waals surface area contributed by atoms with Crippen molar-refractivity contribution in [1.82, 2.24) is 15.2 Å².